The van der Waals surface area contributed by atoms with Gasteiger partial charge in [-0.3, -0.25) is 4.79 Å². The van der Waals surface area contributed by atoms with E-state index in [2.05, 4.69) is 9.97 Å². The third kappa shape index (κ3) is 4.03. The molecule has 0 unspecified atom stereocenters. The van der Waals surface area contributed by atoms with Crippen molar-refractivity contribution in [2.75, 3.05) is 26.0 Å². The van der Waals surface area contributed by atoms with Gasteiger partial charge in [-0.2, -0.15) is 0 Å². The molecule has 3 heterocycles. The molecule has 9 heteroatoms. The summed E-state index contributed by atoms with van der Waals surface area (Å²) in [6.07, 6.45) is 5.08. The number of fused-ring (bicyclic) bond motifs is 1. The predicted octanol–water partition coefficient (Wildman–Crippen LogP) is 2.87. The van der Waals surface area contributed by atoms with E-state index in [1.165, 1.54) is 0 Å². The summed E-state index contributed by atoms with van der Waals surface area (Å²) in [5.74, 6) is 0.315. The minimum atomic E-state index is -3.18. The average molecular weight is 443 g/mol. The molecule has 0 aliphatic carbocycles. The second kappa shape index (κ2) is 8.32. The van der Waals surface area contributed by atoms with E-state index in [0.29, 0.717) is 30.0 Å². The summed E-state index contributed by atoms with van der Waals surface area (Å²) in [4.78, 5) is 19.6. The first-order valence-electron chi connectivity index (χ1n) is 10.3. The van der Waals surface area contributed by atoms with Crippen molar-refractivity contribution >= 4 is 26.8 Å². The number of benzene rings is 1. The molecular formula is C22H26N4O4S. The van der Waals surface area contributed by atoms with Gasteiger partial charge in [0.2, 0.25) is 15.9 Å². The van der Waals surface area contributed by atoms with E-state index in [4.69, 9.17) is 10.5 Å². The number of carbonyl (C=O) groups is 1. The summed E-state index contributed by atoms with van der Waals surface area (Å²) in [5, 5.41) is 0.930. The number of pyridine rings is 1. The van der Waals surface area contributed by atoms with Gasteiger partial charge in [-0.25, -0.2) is 17.7 Å². The third-order valence-electron chi connectivity index (χ3n) is 6.02. The number of ether oxygens (including phenoxy) is 1. The Morgan fingerprint density at radius 1 is 1.26 bits per heavy atom. The van der Waals surface area contributed by atoms with Crippen LogP contribution in [0, 0.1) is 0 Å². The Morgan fingerprint density at radius 3 is 2.58 bits per heavy atom. The van der Waals surface area contributed by atoms with Crippen LogP contribution in [0.15, 0.2) is 36.7 Å². The molecule has 1 saturated heterocycles. The smallest absolute Gasteiger partial charge is 0.250 e. The summed E-state index contributed by atoms with van der Waals surface area (Å²) >= 11 is 0. The molecule has 0 spiro atoms. The van der Waals surface area contributed by atoms with E-state index >= 15 is 0 Å². The van der Waals surface area contributed by atoms with Crippen LogP contribution in [0.2, 0.25) is 0 Å². The van der Waals surface area contributed by atoms with E-state index in [1.807, 2.05) is 18.3 Å². The van der Waals surface area contributed by atoms with Gasteiger partial charge in [0, 0.05) is 42.5 Å². The van der Waals surface area contributed by atoms with Crippen molar-refractivity contribution in [3.8, 4) is 17.0 Å². The highest BCUT2D eigenvalue weighted by molar-refractivity contribution is 7.89. The first kappa shape index (κ1) is 21.3. The molecule has 4 rings (SSSR count). The van der Waals surface area contributed by atoms with Crippen molar-refractivity contribution in [3.63, 3.8) is 0 Å². The number of nitrogens with zero attached hydrogens (tertiary/aromatic N) is 2. The van der Waals surface area contributed by atoms with Gasteiger partial charge in [-0.1, -0.05) is 0 Å². The number of sulfonamides is 1. The number of rotatable bonds is 6. The van der Waals surface area contributed by atoms with Crippen LogP contribution in [0.3, 0.4) is 0 Å². The molecule has 2 aromatic heterocycles. The minimum Gasteiger partial charge on any atom is -0.481 e. The molecule has 3 aromatic rings. The van der Waals surface area contributed by atoms with Crippen molar-refractivity contribution in [2.45, 2.75) is 25.7 Å². The molecule has 1 amide bonds. The zero-order chi connectivity index (χ0) is 22.2. The molecule has 1 aliphatic rings. The molecule has 0 radical (unpaired) electrons. The van der Waals surface area contributed by atoms with Gasteiger partial charge in [0.25, 0.3) is 5.91 Å². The Bertz CT molecular complexity index is 1210. The van der Waals surface area contributed by atoms with E-state index in [1.54, 1.807) is 36.7 Å². The number of H-pyrrole nitrogens is 1. The maximum atomic E-state index is 12.2. The van der Waals surface area contributed by atoms with Gasteiger partial charge in [-0.05, 0) is 55.0 Å². The second-order valence-electron chi connectivity index (χ2n) is 7.72. The molecule has 8 nitrogen and oxygen atoms in total. The number of methoxy groups -OCH3 is 1. The maximum absolute atomic E-state index is 12.2. The second-order valence-corrected chi connectivity index (χ2v) is 9.98. The molecular weight excluding hydrogens is 416 g/mol. The summed E-state index contributed by atoms with van der Waals surface area (Å²) in [6.45, 7) is 2.67. The molecule has 3 N–H and O–H groups in total. The number of hydrogen-bond donors (Lipinski definition) is 2. The number of primary amides is 1. The van der Waals surface area contributed by atoms with Crippen LogP contribution in [0.25, 0.3) is 22.0 Å². The molecule has 1 aromatic carbocycles. The maximum Gasteiger partial charge on any atom is 0.250 e. The van der Waals surface area contributed by atoms with Crippen LogP contribution in [0.5, 0.6) is 5.88 Å². The third-order valence-corrected chi connectivity index (χ3v) is 7.90. The lowest BCUT2D eigenvalue weighted by molar-refractivity contribution is 0.100. The number of nitrogens with one attached hydrogen (secondary N) is 1. The number of carbonyl (C=O) groups excluding carboxylic acids is 1. The van der Waals surface area contributed by atoms with E-state index in [9.17, 15) is 13.2 Å². The zero-order valence-corrected chi connectivity index (χ0v) is 18.4. The normalized spacial score (nSPS) is 15.9. The quantitative estimate of drug-likeness (QED) is 0.608. The van der Waals surface area contributed by atoms with Crippen molar-refractivity contribution in [1.82, 2.24) is 14.3 Å². The Balaban J connectivity index is 1.72. The van der Waals surface area contributed by atoms with Gasteiger partial charge < -0.3 is 15.5 Å². The van der Waals surface area contributed by atoms with Crippen molar-refractivity contribution in [2.24, 2.45) is 5.73 Å². The first-order chi connectivity index (χ1) is 14.8. The van der Waals surface area contributed by atoms with Crippen molar-refractivity contribution in [1.29, 1.82) is 0 Å². The Labute approximate surface area is 181 Å². The number of amides is 1. The largest absolute Gasteiger partial charge is 0.481 e. The van der Waals surface area contributed by atoms with Gasteiger partial charge in [0.1, 0.15) is 0 Å². The summed E-state index contributed by atoms with van der Waals surface area (Å²) in [6, 6.07) is 7.46. The van der Waals surface area contributed by atoms with Crippen molar-refractivity contribution in [3.05, 3.63) is 47.8 Å². The lowest BCUT2D eigenvalue weighted by Crippen LogP contribution is -2.38. The van der Waals surface area contributed by atoms with Gasteiger partial charge in [-0.15, -0.1) is 0 Å². The first-order valence-corrected chi connectivity index (χ1v) is 11.9. The summed E-state index contributed by atoms with van der Waals surface area (Å²) in [5.41, 5.74) is 9.56. The van der Waals surface area contributed by atoms with Crippen LogP contribution in [-0.4, -0.2) is 54.6 Å². The highest BCUT2D eigenvalue weighted by Crippen LogP contribution is 2.37. The van der Waals surface area contributed by atoms with Crippen LogP contribution in [0.4, 0.5) is 0 Å². The average Bonchev–Trinajstić information content (AvgIpc) is 3.22. The van der Waals surface area contributed by atoms with Crippen LogP contribution >= 0.6 is 0 Å². The predicted molar refractivity (Wildman–Crippen MR) is 120 cm³/mol. The van der Waals surface area contributed by atoms with E-state index in [-0.39, 0.29) is 11.7 Å². The van der Waals surface area contributed by atoms with Gasteiger partial charge in [0.05, 0.1) is 23.9 Å². The number of nitrogens with two attached hydrogens (primary N) is 1. The topological polar surface area (TPSA) is 118 Å². The molecule has 1 fully saturated rings. The zero-order valence-electron chi connectivity index (χ0n) is 17.6. The van der Waals surface area contributed by atoms with E-state index in [0.717, 1.165) is 34.9 Å². The SMILES string of the molecule is CCS(=O)(=O)N1CCC(c2c[nH]c3c(C(N)=O)cc(-c4ccc(OC)nc4)cc23)CC1. The summed E-state index contributed by atoms with van der Waals surface area (Å²) < 4.78 is 31.1. The molecule has 0 atom stereocenters. The molecule has 31 heavy (non-hydrogen) atoms. The van der Waals surface area contributed by atoms with Crippen LogP contribution in [0.1, 0.15) is 41.6 Å². The number of piperidine rings is 1. The fourth-order valence-electron chi connectivity index (χ4n) is 4.25. The summed E-state index contributed by atoms with van der Waals surface area (Å²) in [7, 11) is -1.62. The number of aromatic nitrogens is 2. The fraction of sp³-hybridized carbons (Fsp3) is 0.364. The highest BCUT2D eigenvalue weighted by atomic mass is 32.2. The molecule has 1 aliphatic heterocycles. The molecule has 0 saturated carbocycles. The van der Waals surface area contributed by atoms with E-state index < -0.39 is 15.9 Å². The Kier molecular flexibility index (Phi) is 5.72. The molecule has 164 valence electrons. The standard InChI is InChI=1S/C22H26N4O4S/c1-3-31(28,29)26-8-6-14(7-9-26)19-13-25-21-17(19)10-16(11-18(21)22(23)27)15-4-5-20(30-2)24-12-15/h4-5,10-14,25H,3,6-9H2,1-2H3,(H2,23,27). The fourth-order valence-corrected chi connectivity index (χ4v) is 5.38. The van der Waals surface area contributed by atoms with Gasteiger partial charge in [0.15, 0.2) is 0 Å². The Morgan fingerprint density at radius 2 is 2.00 bits per heavy atom. The number of hydrogen-bond acceptors (Lipinski definition) is 5. The Hall–Kier alpha value is -2.91. The monoisotopic (exact) mass is 442 g/mol. The lowest BCUT2D eigenvalue weighted by Gasteiger charge is -2.31. The van der Waals surface area contributed by atoms with Crippen LogP contribution in [-0.2, 0) is 10.0 Å². The lowest BCUT2D eigenvalue weighted by atomic mass is 9.88. The minimum absolute atomic E-state index is 0.117. The van der Waals surface area contributed by atoms with Gasteiger partial charge >= 0.3 is 0 Å². The molecule has 0 bridgehead atoms. The number of aromatic amines is 1. The highest BCUT2D eigenvalue weighted by Gasteiger charge is 2.29. The van der Waals surface area contributed by atoms with Crippen molar-refractivity contribution < 1.29 is 17.9 Å². The van der Waals surface area contributed by atoms with Crippen LogP contribution < -0.4 is 10.5 Å².